The molecule has 30 heavy (non-hydrogen) atoms. The fraction of sp³-hybridized carbons (Fsp3) is 0.261. The molecule has 0 spiro atoms. The summed E-state index contributed by atoms with van der Waals surface area (Å²) in [6.07, 6.45) is 1.42. The number of benzene rings is 2. The molecule has 6 nitrogen and oxygen atoms in total. The van der Waals surface area contributed by atoms with E-state index in [2.05, 4.69) is 17.1 Å². The molecule has 0 aliphatic carbocycles. The highest BCUT2D eigenvalue weighted by atomic mass is 32.1. The standard InChI is InChI=1S/C23H22N2O4S/c1-3-28-10-11-29-23(27)15(2)25-14-24-21-20(22(25)26)19(13-30-21)18-9-8-16-6-4-5-7-17(16)12-18/h4-9,12-15H,3,10-11H2,1-2H3. The fourth-order valence-corrected chi connectivity index (χ4v) is 4.28. The molecule has 4 rings (SSSR count). The highest BCUT2D eigenvalue weighted by molar-refractivity contribution is 7.17. The van der Waals surface area contributed by atoms with E-state index in [1.54, 1.807) is 6.92 Å². The molecule has 0 radical (unpaired) electrons. The van der Waals surface area contributed by atoms with E-state index in [0.29, 0.717) is 23.4 Å². The van der Waals surface area contributed by atoms with Gasteiger partial charge in [0.15, 0.2) is 0 Å². The van der Waals surface area contributed by atoms with Crippen LogP contribution in [0.25, 0.3) is 32.1 Å². The summed E-state index contributed by atoms with van der Waals surface area (Å²) in [6.45, 7) is 4.56. The summed E-state index contributed by atoms with van der Waals surface area (Å²) in [6, 6.07) is 13.4. The molecule has 0 saturated heterocycles. The molecule has 0 aliphatic heterocycles. The molecule has 4 aromatic rings. The van der Waals surface area contributed by atoms with Gasteiger partial charge < -0.3 is 9.47 Å². The lowest BCUT2D eigenvalue weighted by Crippen LogP contribution is -2.30. The van der Waals surface area contributed by atoms with Crippen LogP contribution in [-0.4, -0.2) is 35.3 Å². The predicted molar refractivity (Wildman–Crippen MR) is 119 cm³/mol. The highest BCUT2D eigenvalue weighted by Gasteiger charge is 2.21. The number of rotatable bonds is 7. The normalized spacial score (nSPS) is 12.3. The first-order valence-corrected chi connectivity index (χ1v) is 10.7. The molecule has 0 amide bonds. The molecule has 7 heteroatoms. The van der Waals surface area contributed by atoms with E-state index in [1.807, 2.05) is 42.6 Å². The van der Waals surface area contributed by atoms with Crippen LogP contribution >= 0.6 is 11.3 Å². The van der Waals surface area contributed by atoms with E-state index in [9.17, 15) is 9.59 Å². The van der Waals surface area contributed by atoms with Gasteiger partial charge in [0.25, 0.3) is 5.56 Å². The van der Waals surface area contributed by atoms with E-state index >= 15 is 0 Å². The SMILES string of the molecule is CCOCCOC(=O)C(C)n1cnc2scc(-c3ccc4ccccc4c3)c2c1=O. The van der Waals surface area contributed by atoms with Crippen molar-refractivity contribution in [1.82, 2.24) is 9.55 Å². The number of hydrogen-bond acceptors (Lipinski definition) is 6. The molecule has 1 atom stereocenters. The third-order valence-corrected chi connectivity index (χ3v) is 5.90. The maximum Gasteiger partial charge on any atom is 0.329 e. The second kappa shape index (κ2) is 8.77. The summed E-state index contributed by atoms with van der Waals surface area (Å²) in [4.78, 5) is 30.7. The lowest BCUT2D eigenvalue weighted by atomic mass is 10.0. The van der Waals surface area contributed by atoms with Gasteiger partial charge in [-0.05, 0) is 36.2 Å². The average molecular weight is 423 g/mol. The van der Waals surface area contributed by atoms with Crippen LogP contribution in [0.2, 0.25) is 0 Å². The zero-order valence-corrected chi connectivity index (χ0v) is 17.6. The molecule has 2 heterocycles. The van der Waals surface area contributed by atoms with Gasteiger partial charge in [0.2, 0.25) is 0 Å². The van der Waals surface area contributed by atoms with Gasteiger partial charge in [-0.1, -0.05) is 36.4 Å². The van der Waals surface area contributed by atoms with Gasteiger partial charge in [0.05, 0.1) is 18.3 Å². The van der Waals surface area contributed by atoms with Crippen LogP contribution in [0.4, 0.5) is 0 Å². The Morgan fingerprint density at radius 2 is 1.97 bits per heavy atom. The molecule has 0 saturated carbocycles. The molecule has 0 bridgehead atoms. The molecule has 2 aromatic heterocycles. The largest absolute Gasteiger partial charge is 0.462 e. The van der Waals surface area contributed by atoms with E-state index in [0.717, 1.165) is 21.9 Å². The quantitative estimate of drug-likeness (QED) is 0.326. The smallest absolute Gasteiger partial charge is 0.329 e. The first-order chi connectivity index (χ1) is 14.6. The Labute approximate surface area is 177 Å². The van der Waals surface area contributed by atoms with Crippen LogP contribution in [-0.2, 0) is 14.3 Å². The van der Waals surface area contributed by atoms with Gasteiger partial charge in [-0.3, -0.25) is 9.36 Å². The van der Waals surface area contributed by atoms with E-state index in [4.69, 9.17) is 9.47 Å². The number of nitrogens with zero attached hydrogens (tertiary/aromatic N) is 2. The van der Waals surface area contributed by atoms with Crippen LogP contribution in [0.1, 0.15) is 19.9 Å². The van der Waals surface area contributed by atoms with Gasteiger partial charge in [-0.2, -0.15) is 0 Å². The third kappa shape index (κ3) is 3.86. The van der Waals surface area contributed by atoms with Crippen molar-refractivity contribution >= 4 is 38.3 Å². The average Bonchev–Trinajstić information content (AvgIpc) is 3.21. The van der Waals surface area contributed by atoms with Crippen molar-refractivity contribution in [2.24, 2.45) is 0 Å². The van der Waals surface area contributed by atoms with Gasteiger partial charge in [-0.15, -0.1) is 11.3 Å². The molecule has 2 aromatic carbocycles. The molecular weight excluding hydrogens is 400 g/mol. The monoisotopic (exact) mass is 422 g/mol. The highest BCUT2D eigenvalue weighted by Crippen LogP contribution is 2.32. The second-order valence-electron chi connectivity index (χ2n) is 6.89. The molecule has 0 fully saturated rings. The van der Waals surface area contributed by atoms with Crippen molar-refractivity contribution in [3.63, 3.8) is 0 Å². The molecule has 1 unspecified atom stereocenters. The Morgan fingerprint density at radius 3 is 2.77 bits per heavy atom. The molecule has 0 N–H and O–H groups in total. The van der Waals surface area contributed by atoms with Crippen LogP contribution in [0.15, 0.2) is 59.0 Å². The first kappa shape index (κ1) is 20.3. The minimum Gasteiger partial charge on any atom is -0.462 e. The van der Waals surface area contributed by atoms with Crippen LogP contribution in [0, 0.1) is 0 Å². The van der Waals surface area contributed by atoms with Crippen molar-refractivity contribution in [3.8, 4) is 11.1 Å². The molecular formula is C23H22N2O4S. The number of ether oxygens (including phenoxy) is 2. The first-order valence-electron chi connectivity index (χ1n) is 9.82. The number of thiophene rings is 1. The van der Waals surface area contributed by atoms with Crippen molar-refractivity contribution in [1.29, 1.82) is 0 Å². The lowest BCUT2D eigenvalue weighted by molar-refractivity contribution is -0.148. The Hall–Kier alpha value is -3.03. The Balaban J connectivity index is 1.70. The third-order valence-electron chi connectivity index (χ3n) is 5.01. The fourth-order valence-electron chi connectivity index (χ4n) is 3.37. The Morgan fingerprint density at radius 1 is 1.17 bits per heavy atom. The number of hydrogen-bond donors (Lipinski definition) is 0. The van der Waals surface area contributed by atoms with E-state index in [1.165, 1.54) is 22.2 Å². The topological polar surface area (TPSA) is 70.4 Å². The predicted octanol–water partition coefficient (Wildman–Crippen LogP) is 4.42. The number of carbonyl (C=O) groups excluding carboxylic acids is 1. The molecule has 0 aliphatic rings. The number of aromatic nitrogens is 2. The van der Waals surface area contributed by atoms with Gasteiger partial charge in [0, 0.05) is 17.6 Å². The second-order valence-corrected chi connectivity index (χ2v) is 7.75. The van der Waals surface area contributed by atoms with Gasteiger partial charge in [-0.25, -0.2) is 9.78 Å². The van der Waals surface area contributed by atoms with Crippen LogP contribution < -0.4 is 5.56 Å². The lowest BCUT2D eigenvalue weighted by Gasteiger charge is -2.14. The summed E-state index contributed by atoms with van der Waals surface area (Å²) in [7, 11) is 0. The van der Waals surface area contributed by atoms with Gasteiger partial charge in [0.1, 0.15) is 17.5 Å². The maximum atomic E-state index is 13.3. The van der Waals surface area contributed by atoms with Crippen molar-refractivity contribution in [3.05, 3.63) is 64.5 Å². The molecule has 154 valence electrons. The minimum absolute atomic E-state index is 0.155. The van der Waals surface area contributed by atoms with Crippen molar-refractivity contribution in [2.75, 3.05) is 19.8 Å². The van der Waals surface area contributed by atoms with Crippen molar-refractivity contribution in [2.45, 2.75) is 19.9 Å². The Bertz CT molecular complexity index is 1260. The maximum absolute atomic E-state index is 13.3. The number of esters is 1. The summed E-state index contributed by atoms with van der Waals surface area (Å²) in [5, 5.41) is 4.70. The summed E-state index contributed by atoms with van der Waals surface area (Å²) < 4.78 is 11.7. The number of fused-ring (bicyclic) bond motifs is 2. The zero-order chi connectivity index (χ0) is 21.1. The van der Waals surface area contributed by atoms with Crippen LogP contribution in [0.5, 0.6) is 0 Å². The summed E-state index contributed by atoms with van der Waals surface area (Å²) >= 11 is 1.42. The minimum atomic E-state index is -0.777. The Kier molecular flexibility index (Phi) is 5.92. The number of carbonyl (C=O) groups is 1. The summed E-state index contributed by atoms with van der Waals surface area (Å²) in [5.41, 5.74) is 1.52. The van der Waals surface area contributed by atoms with E-state index in [-0.39, 0.29) is 12.2 Å². The van der Waals surface area contributed by atoms with E-state index < -0.39 is 12.0 Å². The van der Waals surface area contributed by atoms with Crippen molar-refractivity contribution < 1.29 is 14.3 Å². The van der Waals surface area contributed by atoms with Gasteiger partial charge >= 0.3 is 5.97 Å². The summed E-state index contributed by atoms with van der Waals surface area (Å²) in [5.74, 6) is -0.486. The van der Waals surface area contributed by atoms with Crippen LogP contribution in [0.3, 0.4) is 0 Å². The zero-order valence-electron chi connectivity index (χ0n) is 16.8.